The van der Waals surface area contributed by atoms with Crippen LogP contribution >= 0.6 is 0 Å². The average Bonchev–Trinajstić information content (AvgIpc) is 3.18. The highest BCUT2D eigenvalue weighted by Gasteiger charge is 2.20. The van der Waals surface area contributed by atoms with Gasteiger partial charge in [-0.2, -0.15) is 4.98 Å². The Morgan fingerprint density at radius 1 is 1.03 bits per heavy atom. The Bertz CT molecular complexity index is 1030. The Labute approximate surface area is 195 Å². The number of aromatic nitrogens is 2. The maximum atomic E-state index is 12.8. The molecule has 0 saturated carbocycles. The average molecular weight is 449 g/mol. The van der Waals surface area contributed by atoms with Crippen LogP contribution in [0.5, 0.6) is 5.75 Å². The van der Waals surface area contributed by atoms with Gasteiger partial charge in [-0.1, -0.05) is 35.0 Å². The van der Waals surface area contributed by atoms with Gasteiger partial charge in [-0.05, 0) is 50.1 Å². The third-order valence-electron chi connectivity index (χ3n) is 5.91. The normalized spacial score (nSPS) is 14.8. The quantitative estimate of drug-likeness (QED) is 0.516. The van der Waals surface area contributed by atoms with E-state index in [0.29, 0.717) is 31.2 Å². The number of hydrogen-bond acceptors (Lipinski definition) is 6. The number of amides is 1. The van der Waals surface area contributed by atoms with Gasteiger partial charge in [0.2, 0.25) is 17.6 Å². The van der Waals surface area contributed by atoms with Crippen molar-refractivity contribution in [2.45, 2.75) is 39.7 Å². The van der Waals surface area contributed by atoms with E-state index in [1.165, 1.54) is 11.1 Å². The lowest BCUT2D eigenvalue weighted by Gasteiger charge is -2.22. The minimum Gasteiger partial charge on any atom is -0.494 e. The molecule has 33 heavy (non-hydrogen) atoms. The van der Waals surface area contributed by atoms with Crippen LogP contribution in [0.15, 0.2) is 53.1 Å². The first-order valence-corrected chi connectivity index (χ1v) is 11.7. The molecule has 0 aliphatic carbocycles. The van der Waals surface area contributed by atoms with Crippen molar-refractivity contribution in [3.05, 3.63) is 65.5 Å². The minimum atomic E-state index is 0.146. The minimum absolute atomic E-state index is 0.146. The molecule has 2 aromatic carbocycles. The molecule has 7 nitrogen and oxygen atoms in total. The molecule has 1 amide bonds. The van der Waals surface area contributed by atoms with Crippen LogP contribution in [0.2, 0.25) is 0 Å². The summed E-state index contributed by atoms with van der Waals surface area (Å²) in [7, 11) is 0. The number of carbonyl (C=O) groups excluding carboxylic acids is 1. The molecule has 1 aliphatic rings. The second-order valence-electron chi connectivity index (χ2n) is 8.47. The van der Waals surface area contributed by atoms with E-state index in [1.54, 1.807) is 0 Å². The van der Waals surface area contributed by atoms with E-state index in [-0.39, 0.29) is 5.91 Å². The summed E-state index contributed by atoms with van der Waals surface area (Å²) in [5, 5.41) is 4.06. The lowest BCUT2D eigenvalue weighted by Crippen LogP contribution is -2.35. The zero-order chi connectivity index (χ0) is 23.0. The summed E-state index contributed by atoms with van der Waals surface area (Å²) in [5.41, 5.74) is 3.46. The molecule has 1 aromatic heterocycles. The van der Waals surface area contributed by atoms with Gasteiger partial charge in [0, 0.05) is 51.1 Å². The Hall–Kier alpha value is -3.19. The molecular weight excluding hydrogens is 416 g/mol. The molecule has 1 aliphatic heterocycles. The summed E-state index contributed by atoms with van der Waals surface area (Å²) in [6.07, 6.45) is 1.81. The van der Waals surface area contributed by atoms with Crippen LogP contribution in [0.3, 0.4) is 0 Å². The fourth-order valence-corrected chi connectivity index (χ4v) is 4.04. The predicted molar refractivity (Wildman–Crippen MR) is 127 cm³/mol. The molecule has 1 fully saturated rings. The first kappa shape index (κ1) is 23.0. The number of hydrogen-bond donors (Lipinski definition) is 0. The van der Waals surface area contributed by atoms with Crippen LogP contribution < -0.4 is 4.74 Å². The molecule has 0 radical (unpaired) electrons. The number of rotatable bonds is 8. The highest BCUT2D eigenvalue weighted by molar-refractivity contribution is 5.76. The summed E-state index contributed by atoms with van der Waals surface area (Å²) in [6.45, 7) is 9.06. The van der Waals surface area contributed by atoms with Crippen LogP contribution in [0.25, 0.3) is 11.4 Å². The van der Waals surface area contributed by atoms with Crippen LogP contribution in [-0.2, 0) is 17.8 Å². The van der Waals surface area contributed by atoms with Crippen LogP contribution in [0, 0.1) is 6.92 Å². The molecule has 7 heteroatoms. The van der Waals surface area contributed by atoms with Crippen LogP contribution in [-0.4, -0.2) is 58.6 Å². The highest BCUT2D eigenvalue weighted by Crippen LogP contribution is 2.20. The van der Waals surface area contributed by atoms with E-state index >= 15 is 0 Å². The van der Waals surface area contributed by atoms with Crippen LogP contribution in [0.1, 0.15) is 36.8 Å². The van der Waals surface area contributed by atoms with Gasteiger partial charge in [-0.3, -0.25) is 9.69 Å². The fraction of sp³-hybridized carbons (Fsp3) is 0.423. The van der Waals surface area contributed by atoms with Crippen LogP contribution in [0.4, 0.5) is 0 Å². The van der Waals surface area contributed by atoms with Gasteiger partial charge < -0.3 is 14.2 Å². The molecule has 0 unspecified atom stereocenters. The van der Waals surface area contributed by atoms with Gasteiger partial charge in [-0.25, -0.2) is 0 Å². The summed E-state index contributed by atoms with van der Waals surface area (Å²) >= 11 is 0. The Morgan fingerprint density at radius 2 is 1.82 bits per heavy atom. The summed E-state index contributed by atoms with van der Waals surface area (Å²) in [5.74, 6) is 1.98. The molecule has 1 saturated heterocycles. The van der Waals surface area contributed by atoms with Crippen molar-refractivity contribution >= 4 is 5.91 Å². The van der Waals surface area contributed by atoms with Gasteiger partial charge in [-0.15, -0.1) is 0 Å². The number of nitrogens with zero attached hydrogens (tertiary/aromatic N) is 4. The van der Waals surface area contributed by atoms with E-state index in [1.807, 2.05) is 36.1 Å². The number of ether oxygens (including phenoxy) is 1. The van der Waals surface area contributed by atoms with Crippen molar-refractivity contribution in [3.8, 4) is 17.1 Å². The number of aryl methyl sites for hydroxylation is 2. The SMILES string of the molecule is CCOc1ccc(-c2noc(CCC(=O)N3CCCN(Cc4ccc(C)cc4)CC3)n2)cc1. The van der Waals surface area contributed by atoms with Crippen molar-refractivity contribution in [3.63, 3.8) is 0 Å². The molecule has 2 heterocycles. The summed E-state index contributed by atoms with van der Waals surface area (Å²) in [4.78, 5) is 21.7. The molecule has 174 valence electrons. The Balaban J connectivity index is 1.25. The van der Waals surface area contributed by atoms with E-state index in [4.69, 9.17) is 9.26 Å². The first-order valence-electron chi connectivity index (χ1n) is 11.7. The monoisotopic (exact) mass is 448 g/mol. The van der Waals surface area contributed by atoms with E-state index in [2.05, 4.69) is 46.2 Å². The number of carbonyl (C=O) groups is 1. The second-order valence-corrected chi connectivity index (χ2v) is 8.47. The molecule has 3 aromatic rings. The Kier molecular flexibility index (Phi) is 7.73. The fourth-order valence-electron chi connectivity index (χ4n) is 4.04. The third-order valence-corrected chi connectivity index (χ3v) is 5.91. The van der Waals surface area contributed by atoms with Crippen molar-refractivity contribution in [2.24, 2.45) is 0 Å². The van der Waals surface area contributed by atoms with E-state index in [9.17, 15) is 4.79 Å². The lowest BCUT2D eigenvalue weighted by molar-refractivity contribution is -0.131. The zero-order valence-electron chi connectivity index (χ0n) is 19.5. The first-order chi connectivity index (χ1) is 16.1. The standard InChI is InChI=1S/C26H32N4O3/c1-3-32-23-11-9-22(10-12-23)26-27-24(33-28-26)13-14-25(31)30-16-4-15-29(17-18-30)19-21-7-5-20(2)6-8-21/h5-12H,3-4,13-19H2,1-2H3. The maximum Gasteiger partial charge on any atom is 0.227 e. The van der Waals surface area contributed by atoms with Crippen molar-refractivity contribution < 1.29 is 14.1 Å². The molecule has 0 atom stereocenters. The topological polar surface area (TPSA) is 71.7 Å². The van der Waals surface area contributed by atoms with Crippen molar-refractivity contribution in [1.29, 1.82) is 0 Å². The highest BCUT2D eigenvalue weighted by atomic mass is 16.5. The molecule has 0 N–H and O–H groups in total. The Morgan fingerprint density at radius 3 is 2.58 bits per heavy atom. The molecule has 0 spiro atoms. The smallest absolute Gasteiger partial charge is 0.227 e. The lowest BCUT2D eigenvalue weighted by atomic mass is 10.1. The third kappa shape index (κ3) is 6.42. The zero-order valence-corrected chi connectivity index (χ0v) is 19.5. The van der Waals surface area contributed by atoms with Gasteiger partial charge in [0.05, 0.1) is 6.61 Å². The molecule has 0 bridgehead atoms. The molecule has 4 rings (SSSR count). The van der Waals surface area contributed by atoms with Gasteiger partial charge in [0.25, 0.3) is 0 Å². The van der Waals surface area contributed by atoms with E-state index < -0.39 is 0 Å². The second kappa shape index (κ2) is 11.1. The van der Waals surface area contributed by atoms with Crippen molar-refractivity contribution in [2.75, 3.05) is 32.8 Å². The maximum absolute atomic E-state index is 12.8. The largest absolute Gasteiger partial charge is 0.494 e. The number of benzene rings is 2. The van der Waals surface area contributed by atoms with Gasteiger partial charge in [0.1, 0.15) is 5.75 Å². The summed E-state index contributed by atoms with van der Waals surface area (Å²) < 4.78 is 10.8. The summed E-state index contributed by atoms with van der Waals surface area (Å²) in [6, 6.07) is 16.3. The predicted octanol–water partition coefficient (Wildman–Crippen LogP) is 4.11. The van der Waals surface area contributed by atoms with E-state index in [0.717, 1.165) is 50.5 Å². The molecular formula is C26H32N4O3. The van der Waals surface area contributed by atoms with Gasteiger partial charge in [0.15, 0.2) is 0 Å². The van der Waals surface area contributed by atoms with Crippen molar-refractivity contribution in [1.82, 2.24) is 19.9 Å². The van der Waals surface area contributed by atoms with Gasteiger partial charge >= 0.3 is 0 Å².